The SMILES string of the molecule is COc1ccc2ccc(F)c(CC(CO)COC(C)=O)c2n1. The molecule has 0 saturated heterocycles. The minimum Gasteiger partial charge on any atom is -0.481 e. The number of nitrogens with zero attached hydrogens (tertiary/aromatic N) is 1. The number of carbonyl (C=O) groups excluding carboxylic acids is 1. The van der Waals surface area contributed by atoms with Crippen LogP contribution in [0, 0.1) is 11.7 Å². The van der Waals surface area contributed by atoms with Gasteiger partial charge in [-0.3, -0.25) is 4.79 Å². The molecule has 2 aromatic rings. The fourth-order valence-corrected chi connectivity index (χ4v) is 2.21. The number of methoxy groups -OCH3 is 1. The molecule has 5 nitrogen and oxygen atoms in total. The molecule has 6 heteroatoms. The van der Waals surface area contributed by atoms with Crippen LogP contribution in [0.25, 0.3) is 10.9 Å². The highest BCUT2D eigenvalue weighted by molar-refractivity contribution is 5.82. The molecule has 118 valence electrons. The number of aliphatic hydroxyl groups is 1. The molecule has 0 radical (unpaired) electrons. The number of aliphatic hydroxyl groups excluding tert-OH is 1. The minimum absolute atomic E-state index is 0.0334. The van der Waals surface area contributed by atoms with E-state index in [2.05, 4.69) is 4.98 Å². The molecular formula is C16H18FNO4. The van der Waals surface area contributed by atoms with Gasteiger partial charge in [0, 0.05) is 36.5 Å². The Labute approximate surface area is 127 Å². The number of halogens is 1. The zero-order valence-electron chi connectivity index (χ0n) is 12.5. The second-order valence-electron chi connectivity index (χ2n) is 5.01. The Kier molecular flexibility index (Phi) is 5.27. The van der Waals surface area contributed by atoms with Crippen molar-refractivity contribution in [2.24, 2.45) is 5.92 Å². The maximum atomic E-state index is 14.2. The summed E-state index contributed by atoms with van der Waals surface area (Å²) in [6.07, 6.45) is 0.215. The van der Waals surface area contributed by atoms with E-state index in [-0.39, 0.29) is 19.6 Å². The van der Waals surface area contributed by atoms with Gasteiger partial charge < -0.3 is 14.6 Å². The first kappa shape index (κ1) is 16.2. The first-order chi connectivity index (χ1) is 10.5. The van der Waals surface area contributed by atoms with Crippen LogP contribution < -0.4 is 4.74 Å². The highest BCUT2D eigenvalue weighted by Crippen LogP contribution is 2.25. The monoisotopic (exact) mass is 307 g/mol. The number of benzene rings is 1. The Morgan fingerprint density at radius 1 is 1.36 bits per heavy atom. The summed E-state index contributed by atoms with van der Waals surface area (Å²) in [6, 6.07) is 6.50. The Hall–Kier alpha value is -2.21. The van der Waals surface area contributed by atoms with Gasteiger partial charge in [0.1, 0.15) is 5.82 Å². The lowest BCUT2D eigenvalue weighted by Gasteiger charge is -2.16. The summed E-state index contributed by atoms with van der Waals surface area (Å²) in [5.74, 6) is -0.844. The molecule has 1 atom stereocenters. The van der Waals surface area contributed by atoms with Crippen LogP contribution in [0.2, 0.25) is 0 Å². The average Bonchev–Trinajstić information content (AvgIpc) is 2.52. The summed E-state index contributed by atoms with van der Waals surface area (Å²) in [5.41, 5.74) is 0.864. The number of fused-ring (bicyclic) bond motifs is 1. The van der Waals surface area contributed by atoms with Crippen LogP contribution in [0.5, 0.6) is 5.88 Å². The van der Waals surface area contributed by atoms with Crippen molar-refractivity contribution in [3.63, 3.8) is 0 Å². The summed E-state index contributed by atoms with van der Waals surface area (Å²) in [7, 11) is 1.49. The van der Waals surface area contributed by atoms with Gasteiger partial charge in [-0.05, 0) is 24.6 Å². The van der Waals surface area contributed by atoms with Gasteiger partial charge >= 0.3 is 5.97 Å². The van der Waals surface area contributed by atoms with Crippen molar-refractivity contribution in [3.8, 4) is 5.88 Å². The van der Waals surface area contributed by atoms with E-state index in [1.54, 1.807) is 18.2 Å². The topological polar surface area (TPSA) is 68.7 Å². The van der Waals surface area contributed by atoms with Crippen LogP contribution in [0.4, 0.5) is 4.39 Å². The van der Waals surface area contributed by atoms with Gasteiger partial charge in [0.15, 0.2) is 0 Å². The van der Waals surface area contributed by atoms with Gasteiger partial charge in [0.05, 0.1) is 19.2 Å². The standard InChI is InChI=1S/C16H18FNO4/c1-10(20)22-9-11(8-19)7-13-14(17)5-3-12-4-6-15(21-2)18-16(12)13/h3-6,11,19H,7-9H2,1-2H3. The van der Waals surface area contributed by atoms with Crippen molar-refractivity contribution in [2.75, 3.05) is 20.3 Å². The molecule has 0 bridgehead atoms. The van der Waals surface area contributed by atoms with Crippen molar-refractivity contribution < 1.29 is 23.8 Å². The highest BCUT2D eigenvalue weighted by Gasteiger charge is 2.17. The van der Waals surface area contributed by atoms with Crippen molar-refractivity contribution in [2.45, 2.75) is 13.3 Å². The highest BCUT2D eigenvalue weighted by atomic mass is 19.1. The Morgan fingerprint density at radius 2 is 2.09 bits per heavy atom. The molecule has 1 heterocycles. The summed E-state index contributed by atoms with van der Waals surface area (Å²) in [5, 5.41) is 10.2. The zero-order chi connectivity index (χ0) is 16.1. The summed E-state index contributed by atoms with van der Waals surface area (Å²) in [4.78, 5) is 15.2. The van der Waals surface area contributed by atoms with Crippen LogP contribution in [0.1, 0.15) is 12.5 Å². The van der Waals surface area contributed by atoms with E-state index in [9.17, 15) is 14.3 Å². The molecule has 22 heavy (non-hydrogen) atoms. The summed E-state index contributed by atoms with van der Waals surface area (Å²) >= 11 is 0. The maximum absolute atomic E-state index is 14.2. The largest absolute Gasteiger partial charge is 0.481 e. The number of pyridine rings is 1. The predicted octanol–water partition coefficient (Wildman–Crippen LogP) is 2.10. The Morgan fingerprint density at radius 3 is 2.73 bits per heavy atom. The second kappa shape index (κ2) is 7.17. The van der Waals surface area contributed by atoms with Gasteiger partial charge in [0.2, 0.25) is 5.88 Å². The van der Waals surface area contributed by atoms with Crippen LogP contribution in [0.15, 0.2) is 24.3 Å². The first-order valence-corrected chi connectivity index (χ1v) is 6.91. The summed E-state index contributed by atoms with van der Waals surface area (Å²) < 4.78 is 24.2. The third-order valence-corrected chi connectivity index (χ3v) is 3.37. The number of hydrogen-bond acceptors (Lipinski definition) is 5. The second-order valence-corrected chi connectivity index (χ2v) is 5.01. The number of carbonyl (C=O) groups is 1. The van der Waals surface area contributed by atoms with Crippen molar-refractivity contribution in [1.29, 1.82) is 0 Å². The van der Waals surface area contributed by atoms with Crippen molar-refractivity contribution in [1.82, 2.24) is 4.98 Å². The van der Waals surface area contributed by atoms with E-state index >= 15 is 0 Å². The van der Waals surface area contributed by atoms with Crippen LogP contribution in [-0.4, -0.2) is 36.4 Å². The third kappa shape index (κ3) is 3.71. The molecule has 0 aliphatic heterocycles. The van der Waals surface area contributed by atoms with Crippen LogP contribution >= 0.6 is 0 Å². The maximum Gasteiger partial charge on any atom is 0.302 e. The lowest BCUT2D eigenvalue weighted by atomic mass is 9.97. The molecule has 0 fully saturated rings. The van der Waals surface area contributed by atoms with Crippen molar-refractivity contribution in [3.05, 3.63) is 35.6 Å². The lowest BCUT2D eigenvalue weighted by molar-refractivity contribution is -0.142. The molecule has 0 aliphatic carbocycles. The van der Waals surface area contributed by atoms with E-state index in [0.717, 1.165) is 5.39 Å². The molecule has 0 saturated carbocycles. The van der Waals surface area contributed by atoms with Gasteiger partial charge in [-0.1, -0.05) is 0 Å². The van der Waals surface area contributed by atoms with Crippen molar-refractivity contribution >= 4 is 16.9 Å². The van der Waals surface area contributed by atoms with Gasteiger partial charge in [0.25, 0.3) is 0 Å². The molecule has 0 amide bonds. The predicted molar refractivity (Wildman–Crippen MR) is 79.2 cm³/mol. The summed E-state index contributed by atoms with van der Waals surface area (Å²) in [6.45, 7) is 1.11. The Bertz CT molecular complexity index is 674. The molecule has 2 rings (SSSR count). The smallest absolute Gasteiger partial charge is 0.302 e. The number of hydrogen-bond donors (Lipinski definition) is 1. The van der Waals surface area contributed by atoms with Gasteiger partial charge in [-0.25, -0.2) is 9.37 Å². The van der Waals surface area contributed by atoms with E-state index in [1.165, 1.54) is 20.1 Å². The van der Waals surface area contributed by atoms with Gasteiger partial charge in [-0.15, -0.1) is 0 Å². The van der Waals surface area contributed by atoms with Gasteiger partial charge in [-0.2, -0.15) is 0 Å². The van der Waals surface area contributed by atoms with E-state index in [1.807, 2.05) is 0 Å². The zero-order valence-corrected chi connectivity index (χ0v) is 12.5. The van der Waals surface area contributed by atoms with E-state index < -0.39 is 17.7 Å². The molecule has 0 spiro atoms. The van der Waals surface area contributed by atoms with Crippen LogP contribution in [-0.2, 0) is 16.0 Å². The number of aromatic nitrogens is 1. The van der Waals surface area contributed by atoms with E-state index in [4.69, 9.17) is 9.47 Å². The molecule has 1 aromatic heterocycles. The molecule has 1 unspecified atom stereocenters. The number of ether oxygens (including phenoxy) is 2. The lowest BCUT2D eigenvalue weighted by Crippen LogP contribution is -2.19. The van der Waals surface area contributed by atoms with Crippen LogP contribution in [0.3, 0.4) is 0 Å². The Balaban J connectivity index is 2.35. The molecule has 1 N–H and O–H groups in total. The quantitative estimate of drug-likeness (QED) is 0.828. The fourth-order valence-electron chi connectivity index (χ4n) is 2.21. The molecule has 0 aliphatic rings. The number of rotatable bonds is 6. The molecular weight excluding hydrogens is 289 g/mol. The normalized spacial score (nSPS) is 12.2. The average molecular weight is 307 g/mol. The number of esters is 1. The fraction of sp³-hybridized carbons (Fsp3) is 0.375. The molecule has 1 aromatic carbocycles. The van der Waals surface area contributed by atoms with E-state index in [0.29, 0.717) is 17.0 Å². The minimum atomic E-state index is -0.434. The third-order valence-electron chi connectivity index (χ3n) is 3.37. The first-order valence-electron chi connectivity index (χ1n) is 6.91.